The summed E-state index contributed by atoms with van der Waals surface area (Å²) in [6, 6.07) is 10.5. The summed E-state index contributed by atoms with van der Waals surface area (Å²) in [7, 11) is 0. The molecule has 2 nitrogen and oxygen atoms in total. The SMILES string of the molecule is CCCC(N)C#CCNCCc1ccccc1. The van der Waals surface area contributed by atoms with E-state index < -0.39 is 0 Å². The molecule has 1 aromatic carbocycles. The molecular weight excluding hydrogens is 208 g/mol. The summed E-state index contributed by atoms with van der Waals surface area (Å²) < 4.78 is 0. The van der Waals surface area contributed by atoms with Crippen molar-refractivity contribution in [3.05, 3.63) is 35.9 Å². The maximum atomic E-state index is 5.79. The molecule has 0 heterocycles. The zero-order valence-corrected chi connectivity index (χ0v) is 10.6. The lowest BCUT2D eigenvalue weighted by atomic mass is 10.1. The van der Waals surface area contributed by atoms with E-state index in [2.05, 4.69) is 48.3 Å². The predicted octanol–water partition coefficient (Wildman–Crippen LogP) is 1.95. The number of rotatable bonds is 6. The molecule has 0 aliphatic carbocycles. The van der Waals surface area contributed by atoms with Gasteiger partial charge in [0.25, 0.3) is 0 Å². The van der Waals surface area contributed by atoms with Gasteiger partial charge in [-0.3, -0.25) is 0 Å². The smallest absolute Gasteiger partial charge is 0.0665 e. The molecule has 0 fully saturated rings. The Morgan fingerprint density at radius 2 is 2.06 bits per heavy atom. The third-order valence-corrected chi connectivity index (χ3v) is 2.53. The van der Waals surface area contributed by atoms with E-state index in [1.165, 1.54) is 5.56 Å². The summed E-state index contributed by atoms with van der Waals surface area (Å²) in [6.45, 7) is 3.81. The fraction of sp³-hybridized carbons (Fsp3) is 0.467. The van der Waals surface area contributed by atoms with Crippen molar-refractivity contribution in [3.8, 4) is 11.8 Å². The molecule has 3 N–H and O–H groups in total. The van der Waals surface area contributed by atoms with E-state index in [0.717, 1.165) is 32.4 Å². The van der Waals surface area contributed by atoms with Crippen LogP contribution in [0.1, 0.15) is 25.3 Å². The zero-order valence-electron chi connectivity index (χ0n) is 10.6. The second kappa shape index (κ2) is 8.81. The minimum absolute atomic E-state index is 0.0379. The van der Waals surface area contributed by atoms with Gasteiger partial charge in [0.05, 0.1) is 12.6 Å². The molecule has 2 heteroatoms. The molecule has 92 valence electrons. The van der Waals surface area contributed by atoms with E-state index in [-0.39, 0.29) is 6.04 Å². The van der Waals surface area contributed by atoms with Crippen LogP contribution in [0.15, 0.2) is 30.3 Å². The zero-order chi connectivity index (χ0) is 12.3. The Kier molecular flexibility index (Phi) is 7.13. The first kappa shape index (κ1) is 13.8. The molecule has 0 aliphatic heterocycles. The van der Waals surface area contributed by atoms with Crippen molar-refractivity contribution in [1.29, 1.82) is 0 Å². The lowest BCUT2D eigenvalue weighted by molar-refractivity contribution is 0.717. The summed E-state index contributed by atoms with van der Waals surface area (Å²) in [5, 5.41) is 3.30. The highest BCUT2D eigenvalue weighted by atomic mass is 14.8. The Hall–Kier alpha value is -1.30. The summed E-state index contributed by atoms with van der Waals surface area (Å²) in [5.41, 5.74) is 7.15. The lowest BCUT2D eigenvalue weighted by Crippen LogP contribution is -2.20. The van der Waals surface area contributed by atoms with Gasteiger partial charge in [0, 0.05) is 6.54 Å². The van der Waals surface area contributed by atoms with E-state index in [9.17, 15) is 0 Å². The van der Waals surface area contributed by atoms with Gasteiger partial charge in [-0.1, -0.05) is 55.5 Å². The van der Waals surface area contributed by atoms with Crippen LogP contribution in [-0.4, -0.2) is 19.1 Å². The second-order valence-electron chi connectivity index (χ2n) is 4.13. The molecule has 0 radical (unpaired) electrons. The average molecular weight is 230 g/mol. The van der Waals surface area contributed by atoms with Crippen molar-refractivity contribution in [2.24, 2.45) is 5.73 Å². The summed E-state index contributed by atoms with van der Waals surface area (Å²) in [5.74, 6) is 6.12. The molecule has 0 saturated carbocycles. The molecular formula is C15H22N2. The van der Waals surface area contributed by atoms with Gasteiger partial charge in [-0.2, -0.15) is 0 Å². The molecule has 1 unspecified atom stereocenters. The number of hydrogen-bond donors (Lipinski definition) is 2. The van der Waals surface area contributed by atoms with Crippen molar-refractivity contribution >= 4 is 0 Å². The molecule has 0 aliphatic rings. The van der Waals surface area contributed by atoms with Crippen LogP contribution < -0.4 is 11.1 Å². The fourth-order valence-electron chi connectivity index (χ4n) is 1.59. The molecule has 0 amide bonds. The van der Waals surface area contributed by atoms with Gasteiger partial charge in [-0.05, 0) is 18.4 Å². The highest BCUT2D eigenvalue weighted by Gasteiger charge is 1.93. The normalized spacial score (nSPS) is 11.6. The summed E-state index contributed by atoms with van der Waals surface area (Å²) in [4.78, 5) is 0. The number of nitrogens with one attached hydrogen (secondary N) is 1. The minimum Gasteiger partial charge on any atom is -0.318 e. The van der Waals surface area contributed by atoms with Crippen molar-refractivity contribution < 1.29 is 0 Å². The van der Waals surface area contributed by atoms with E-state index >= 15 is 0 Å². The van der Waals surface area contributed by atoms with Crippen LogP contribution in [0.5, 0.6) is 0 Å². The summed E-state index contributed by atoms with van der Waals surface area (Å²) >= 11 is 0. The first-order valence-electron chi connectivity index (χ1n) is 6.31. The van der Waals surface area contributed by atoms with E-state index in [4.69, 9.17) is 5.73 Å². The molecule has 0 bridgehead atoms. The van der Waals surface area contributed by atoms with Crippen molar-refractivity contribution in [1.82, 2.24) is 5.32 Å². The molecule has 1 rings (SSSR count). The van der Waals surface area contributed by atoms with Crippen LogP contribution in [0.25, 0.3) is 0 Å². The largest absolute Gasteiger partial charge is 0.318 e. The van der Waals surface area contributed by atoms with Gasteiger partial charge in [-0.25, -0.2) is 0 Å². The molecule has 1 atom stereocenters. The first-order valence-corrected chi connectivity index (χ1v) is 6.31. The quantitative estimate of drug-likeness (QED) is 0.579. The topological polar surface area (TPSA) is 38.0 Å². The highest BCUT2D eigenvalue weighted by Crippen LogP contribution is 1.97. The minimum atomic E-state index is 0.0379. The third-order valence-electron chi connectivity index (χ3n) is 2.53. The van der Waals surface area contributed by atoms with Crippen LogP contribution >= 0.6 is 0 Å². The predicted molar refractivity (Wildman–Crippen MR) is 73.7 cm³/mol. The van der Waals surface area contributed by atoms with Gasteiger partial charge in [0.1, 0.15) is 0 Å². The van der Waals surface area contributed by atoms with Crippen molar-refractivity contribution in [3.63, 3.8) is 0 Å². The van der Waals surface area contributed by atoms with E-state index in [0.29, 0.717) is 0 Å². The van der Waals surface area contributed by atoms with Gasteiger partial charge in [-0.15, -0.1) is 0 Å². The van der Waals surface area contributed by atoms with Gasteiger partial charge in [0.15, 0.2) is 0 Å². The Morgan fingerprint density at radius 1 is 1.29 bits per heavy atom. The van der Waals surface area contributed by atoms with Crippen molar-refractivity contribution in [2.45, 2.75) is 32.2 Å². The van der Waals surface area contributed by atoms with Gasteiger partial charge >= 0.3 is 0 Å². The van der Waals surface area contributed by atoms with Crippen LogP contribution in [0.2, 0.25) is 0 Å². The highest BCUT2D eigenvalue weighted by molar-refractivity contribution is 5.15. The monoisotopic (exact) mass is 230 g/mol. The maximum Gasteiger partial charge on any atom is 0.0665 e. The lowest BCUT2D eigenvalue weighted by Gasteiger charge is -2.01. The first-order chi connectivity index (χ1) is 8.33. The van der Waals surface area contributed by atoms with Crippen molar-refractivity contribution in [2.75, 3.05) is 13.1 Å². The van der Waals surface area contributed by atoms with Gasteiger partial charge in [0.2, 0.25) is 0 Å². The summed E-state index contributed by atoms with van der Waals surface area (Å²) in [6.07, 6.45) is 3.12. The Morgan fingerprint density at radius 3 is 2.76 bits per heavy atom. The fourth-order valence-corrected chi connectivity index (χ4v) is 1.59. The van der Waals surface area contributed by atoms with Crippen LogP contribution in [0.3, 0.4) is 0 Å². The number of hydrogen-bond acceptors (Lipinski definition) is 2. The molecule has 0 saturated heterocycles. The number of nitrogens with two attached hydrogens (primary N) is 1. The molecule has 0 spiro atoms. The average Bonchev–Trinajstić information content (AvgIpc) is 2.35. The maximum absolute atomic E-state index is 5.79. The number of benzene rings is 1. The standard InChI is InChI=1S/C15H22N2/c1-2-7-15(16)10-6-12-17-13-11-14-8-4-3-5-9-14/h3-5,8-9,15,17H,2,7,11-13,16H2,1H3. The second-order valence-corrected chi connectivity index (χ2v) is 4.13. The Labute approximate surface area is 105 Å². The third kappa shape index (κ3) is 6.78. The molecule has 17 heavy (non-hydrogen) atoms. The molecule has 0 aromatic heterocycles. The van der Waals surface area contributed by atoms with E-state index in [1.54, 1.807) is 0 Å². The molecule has 1 aromatic rings. The van der Waals surface area contributed by atoms with Crippen LogP contribution in [-0.2, 0) is 6.42 Å². The Bertz CT molecular complexity index is 348. The van der Waals surface area contributed by atoms with Crippen LogP contribution in [0, 0.1) is 11.8 Å². The Balaban J connectivity index is 2.09. The van der Waals surface area contributed by atoms with Crippen LogP contribution in [0.4, 0.5) is 0 Å². The van der Waals surface area contributed by atoms with Gasteiger partial charge < -0.3 is 11.1 Å². The van der Waals surface area contributed by atoms with E-state index in [1.807, 2.05) is 6.07 Å².